The largest absolute Gasteiger partial charge is 0.394 e. The number of carbonyl (C=O) groups excluding carboxylic acids is 1. The van der Waals surface area contributed by atoms with Crippen LogP contribution in [-0.2, 0) is 12.8 Å². The fourth-order valence-electron chi connectivity index (χ4n) is 2.18. The van der Waals surface area contributed by atoms with Gasteiger partial charge in [0, 0.05) is 6.54 Å². The molecular formula is C17H22N2O2S. The topological polar surface area (TPSA) is 61.4 Å². The summed E-state index contributed by atoms with van der Waals surface area (Å²) in [6, 6.07) is 9.36. The molecule has 0 aliphatic rings. The fraction of sp³-hybridized carbons (Fsp3) is 0.353. The number of amides is 2. The number of benzene rings is 1. The third-order valence-electron chi connectivity index (χ3n) is 3.56. The quantitative estimate of drug-likeness (QED) is 0.735. The van der Waals surface area contributed by atoms with Gasteiger partial charge >= 0.3 is 6.03 Å². The summed E-state index contributed by atoms with van der Waals surface area (Å²) in [6.07, 6.45) is 1.78. The molecule has 0 bridgehead atoms. The van der Waals surface area contributed by atoms with Crippen molar-refractivity contribution in [3.63, 3.8) is 0 Å². The van der Waals surface area contributed by atoms with Gasteiger partial charge in [-0.05, 0) is 46.4 Å². The van der Waals surface area contributed by atoms with E-state index in [4.69, 9.17) is 0 Å². The van der Waals surface area contributed by atoms with Crippen LogP contribution in [0.5, 0.6) is 0 Å². The van der Waals surface area contributed by atoms with Gasteiger partial charge in [0.2, 0.25) is 0 Å². The van der Waals surface area contributed by atoms with Gasteiger partial charge in [0.25, 0.3) is 0 Å². The third kappa shape index (κ3) is 4.86. The summed E-state index contributed by atoms with van der Waals surface area (Å²) in [7, 11) is 0. The predicted molar refractivity (Wildman–Crippen MR) is 90.2 cm³/mol. The second kappa shape index (κ2) is 8.56. The van der Waals surface area contributed by atoms with Crippen molar-refractivity contribution in [2.75, 3.05) is 13.2 Å². The molecule has 0 saturated heterocycles. The SMILES string of the molecule is CCc1ccc(C(CO)NC(=O)NCCc2ccsc2)cc1. The minimum atomic E-state index is -0.382. The molecule has 3 N–H and O–H groups in total. The Hall–Kier alpha value is -1.85. The van der Waals surface area contributed by atoms with Gasteiger partial charge < -0.3 is 15.7 Å². The lowest BCUT2D eigenvalue weighted by Gasteiger charge is -2.17. The van der Waals surface area contributed by atoms with E-state index in [0.717, 1.165) is 18.4 Å². The highest BCUT2D eigenvalue weighted by molar-refractivity contribution is 7.07. The normalized spacial score (nSPS) is 11.9. The molecule has 1 heterocycles. The zero-order chi connectivity index (χ0) is 15.8. The first-order valence-corrected chi connectivity index (χ1v) is 8.42. The number of nitrogens with one attached hydrogen (secondary N) is 2. The van der Waals surface area contributed by atoms with E-state index >= 15 is 0 Å². The minimum Gasteiger partial charge on any atom is -0.394 e. The molecule has 5 heteroatoms. The van der Waals surface area contributed by atoms with Gasteiger partial charge in [-0.25, -0.2) is 4.79 Å². The molecule has 4 nitrogen and oxygen atoms in total. The van der Waals surface area contributed by atoms with Crippen molar-refractivity contribution >= 4 is 17.4 Å². The Kier molecular flexibility index (Phi) is 6.43. The molecule has 1 unspecified atom stereocenters. The van der Waals surface area contributed by atoms with Crippen LogP contribution < -0.4 is 10.6 Å². The highest BCUT2D eigenvalue weighted by Crippen LogP contribution is 2.14. The van der Waals surface area contributed by atoms with Crippen LogP contribution in [0.25, 0.3) is 0 Å². The molecule has 118 valence electrons. The molecule has 2 aromatic rings. The Balaban J connectivity index is 1.81. The number of hydrogen-bond donors (Lipinski definition) is 3. The predicted octanol–water partition coefficient (Wildman–Crippen LogP) is 2.89. The molecule has 0 saturated carbocycles. The van der Waals surface area contributed by atoms with Gasteiger partial charge in [0.05, 0.1) is 12.6 Å². The minimum absolute atomic E-state index is 0.122. The van der Waals surface area contributed by atoms with E-state index in [1.54, 1.807) is 11.3 Å². The van der Waals surface area contributed by atoms with E-state index in [2.05, 4.69) is 29.0 Å². The van der Waals surface area contributed by atoms with Gasteiger partial charge in [0.15, 0.2) is 0 Å². The van der Waals surface area contributed by atoms with Crippen molar-refractivity contribution in [1.29, 1.82) is 0 Å². The highest BCUT2D eigenvalue weighted by Gasteiger charge is 2.13. The van der Waals surface area contributed by atoms with Crippen molar-refractivity contribution in [1.82, 2.24) is 10.6 Å². The Bertz CT molecular complexity index is 567. The van der Waals surface area contributed by atoms with Gasteiger partial charge in [-0.3, -0.25) is 0 Å². The van der Waals surface area contributed by atoms with Crippen LogP contribution in [0.4, 0.5) is 4.79 Å². The molecule has 1 aromatic heterocycles. The second-order valence-electron chi connectivity index (χ2n) is 5.11. The van der Waals surface area contributed by atoms with E-state index in [1.807, 2.05) is 29.6 Å². The molecule has 1 aromatic carbocycles. The van der Waals surface area contributed by atoms with Crippen LogP contribution in [0.15, 0.2) is 41.1 Å². The van der Waals surface area contributed by atoms with Crippen molar-refractivity contribution in [3.8, 4) is 0 Å². The Morgan fingerprint density at radius 2 is 2.00 bits per heavy atom. The maximum Gasteiger partial charge on any atom is 0.315 e. The lowest BCUT2D eigenvalue weighted by molar-refractivity contribution is 0.217. The second-order valence-corrected chi connectivity index (χ2v) is 5.89. The molecule has 0 spiro atoms. The molecule has 2 rings (SSSR count). The number of carbonyl (C=O) groups is 1. The zero-order valence-electron chi connectivity index (χ0n) is 12.7. The Labute approximate surface area is 135 Å². The van der Waals surface area contributed by atoms with Crippen molar-refractivity contribution in [2.24, 2.45) is 0 Å². The zero-order valence-corrected chi connectivity index (χ0v) is 13.5. The Morgan fingerprint density at radius 1 is 1.23 bits per heavy atom. The van der Waals surface area contributed by atoms with Gasteiger partial charge in [-0.1, -0.05) is 31.2 Å². The average molecular weight is 318 g/mol. The summed E-state index contributed by atoms with van der Waals surface area (Å²) >= 11 is 1.65. The maximum atomic E-state index is 11.9. The molecule has 0 fully saturated rings. The fourth-order valence-corrected chi connectivity index (χ4v) is 2.89. The van der Waals surface area contributed by atoms with Gasteiger partial charge in [-0.2, -0.15) is 11.3 Å². The first-order valence-electron chi connectivity index (χ1n) is 7.48. The van der Waals surface area contributed by atoms with Gasteiger partial charge in [0.1, 0.15) is 0 Å². The smallest absolute Gasteiger partial charge is 0.315 e. The summed E-state index contributed by atoms with van der Waals surface area (Å²) in [5.41, 5.74) is 3.37. The first-order chi connectivity index (χ1) is 10.7. The number of aliphatic hydroxyl groups excluding tert-OH is 1. The summed E-state index contributed by atoms with van der Waals surface area (Å²) in [5, 5.41) is 19.2. The van der Waals surface area contributed by atoms with Crippen molar-refractivity contribution < 1.29 is 9.90 Å². The van der Waals surface area contributed by atoms with E-state index in [-0.39, 0.29) is 18.7 Å². The van der Waals surface area contributed by atoms with E-state index < -0.39 is 0 Å². The van der Waals surface area contributed by atoms with E-state index in [0.29, 0.717) is 6.54 Å². The van der Waals surface area contributed by atoms with E-state index in [1.165, 1.54) is 11.1 Å². The number of urea groups is 1. The molecule has 0 radical (unpaired) electrons. The number of aliphatic hydroxyl groups is 1. The summed E-state index contributed by atoms with van der Waals surface area (Å²) in [5.74, 6) is 0. The number of hydrogen-bond acceptors (Lipinski definition) is 3. The van der Waals surface area contributed by atoms with Crippen LogP contribution in [0, 0.1) is 0 Å². The van der Waals surface area contributed by atoms with Gasteiger partial charge in [-0.15, -0.1) is 0 Å². The lowest BCUT2D eigenvalue weighted by atomic mass is 10.0. The lowest BCUT2D eigenvalue weighted by Crippen LogP contribution is -2.40. The van der Waals surface area contributed by atoms with Crippen LogP contribution in [0.2, 0.25) is 0 Å². The molecule has 2 amide bonds. The summed E-state index contributed by atoms with van der Waals surface area (Å²) in [6.45, 7) is 2.55. The standard InChI is InChI=1S/C17H22N2O2S/c1-2-13-3-5-15(6-4-13)16(11-20)19-17(21)18-9-7-14-8-10-22-12-14/h3-6,8,10,12,16,20H,2,7,9,11H2,1H3,(H2,18,19,21). The summed E-state index contributed by atoms with van der Waals surface area (Å²) < 4.78 is 0. The molecule has 0 aliphatic carbocycles. The van der Waals surface area contributed by atoms with Crippen molar-refractivity contribution in [2.45, 2.75) is 25.8 Å². The number of thiophene rings is 1. The van der Waals surface area contributed by atoms with Crippen LogP contribution >= 0.6 is 11.3 Å². The van der Waals surface area contributed by atoms with Crippen LogP contribution in [-0.4, -0.2) is 24.3 Å². The molecule has 1 atom stereocenters. The van der Waals surface area contributed by atoms with Crippen molar-refractivity contribution in [3.05, 3.63) is 57.8 Å². The Morgan fingerprint density at radius 3 is 2.59 bits per heavy atom. The van der Waals surface area contributed by atoms with E-state index in [9.17, 15) is 9.90 Å². The number of aryl methyl sites for hydroxylation is 1. The van der Waals surface area contributed by atoms with Crippen LogP contribution in [0.1, 0.15) is 29.7 Å². The highest BCUT2D eigenvalue weighted by atomic mass is 32.1. The average Bonchev–Trinajstić information content (AvgIpc) is 3.06. The number of rotatable bonds is 7. The first kappa shape index (κ1) is 16.5. The molecule has 0 aliphatic heterocycles. The monoisotopic (exact) mass is 318 g/mol. The molecular weight excluding hydrogens is 296 g/mol. The third-order valence-corrected chi connectivity index (χ3v) is 4.29. The maximum absolute atomic E-state index is 11.9. The molecule has 22 heavy (non-hydrogen) atoms. The van der Waals surface area contributed by atoms with Crippen LogP contribution in [0.3, 0.4) is 0 Å². The summed E-state index contributed by atoms with van der Waals surface area (Å²) in [4.78, 5) is 11.9.